The van der Waals surface area contributed by atoms with Crippen molar-refractivity contribution in [2.75, 3.05) is 0 Å². The smallest absolute Gasteiger partial charge is 0.0951 e. The van der Waals surface area contributed by atoms with E-state index in [1.165, 1.54) is 37.8 Å². The van der Waals surface area contributed by atoms with Crippen molar-refractivity contribution < 1.29 is 0 Å². The molecule has 3 heteroatoms. The Morgan fingerprint density at radius 2 is 2.11 bits per heavy atom. The van der Waals surface area contributed by atoms with Gasteiger partial charge in [0, 0.05) is 24.8 Å². The van der Waals surface area contributed by atoms with Gasteiger partial charge in [0.25, 0.3) is 0 Å². The molecule has 1 aromatic rings. The Labute approximate surface area is 111 Å². The van der Waals surface area contributed by atoms with Crippen molar-refractivity contribution in [1.82, 2.24) is 14.9 Å². The van der Waals surface area contributed by atoms with Crippen LogP contribution in [0.3, 0.4) is 0 Å². The number of aromatic nitrogens is 2. The maximum atomic E-state index is 4.31. The van der Waals surface area contributed by atoms with Crippen molar-refractivity contribution in [2.45, 2.75) is 71.5 Å². The van der Waals surface area contributed by atoms with Crippen LogP contribution in [-0.2, 0) is 6.54 Å². The summed E-state index contributed by atoms with van der Waals surface area (Å²) in [4.78, 5) is 4.31. The van der Waals surface area contributed by atoms with E-state index >= 15 is 0 Å². The van der Waals surface area contributed by atoms with Crippen molar-refractivity contribution in [3.05, 3.63) is 18.2 Å². The second-order valence-corrected chi connectivity index (χ2v) is 6.12. The second-order valence-electron chi connectivity index (χ2n) is 6.12. The van der Waals surface area contributed by atoms with Crippen LogP contribution < -0.4 is 5.32 Å². The SMILES string of the molecule is CC(C)CCCC(C)n1cncc1CNC1CC1. The molecule has 1 heterocycles. The third-order valence-electron chi connectivity index (χ3n) is 3.77. The molecule has 1 aliphatic rings. The molecule has 102 valence electrons. The summed E-state index contributed by atoms with van der Waals surface area (Å²) in [6, 6.07) is 1.34. The lowest BCUT2D eigenvalue weighted by atomic mass is 10.0. The molecule has 1 unspecified atom stereocenters. The average Bonchev–Trinajstić information content (AvgIpc) is 3.03. The van der Waals surface area contributed by atoms with E-state index in [0.29, 0.717) is 6.04 Å². The van der Waals surface area contributed by atoms with Crippen LogP contribution in [0.4, 0.5) is 0 Å². The van der Waals surface area contributed by atoms with Crippen molar-refractivity contribution >= 4 is 0 Å². The fourth-order valence-corrected chi connectivity index (χ4v) is 2.36. The number of hydrogen-bond acceptors (Lipinski definition) is 2. The third kappa shape index (κ3) is 4.13. The number of nitrogens with zero attached hydrogens (tertiary/aromatic N) is 2. The monoisotopic (exact) mass is 249 g/mol. The largest absolute Gasteiger partial charge is 0.331 e. The summed E-state index contributed by atoms with van der Waals surface area (Å²) >= 11 is 0. The first-order valence-electron chi connectivity index (χ1n) is 7.41. The Kier molecular flexibility index (Phi) is 4.81. The Morgan fingerprint density at radius 1 is 1.33 bits per heavy atom. The van der Waals surface area contributed by atoms with Gasteiger partial charge in [-0.15, -0.1) is 0 Å². The summed E-state index contributed by atoms with van der Waals surface area (Å²) in [6.07, 6.45) is 10.6. The third-order valence-corrected chi connectivity index (χ3v) is 3.77. The molecule has 1 fully saturated rings. The van der Waals surface area contributed by atoms with Crippen LogP contribution >= 0.6 is 0 Å². The molecule has 0 saturated heterocycles. The fraction of sp³-hybridized carbons (Fsp3) is 0.800. The summed E-state index contributed by atoms with van der Waals surface area (Å²) in [5.41, 5.74) is 1.33. The molecule has 0 spiro atoms. The van der Waals surface area contributed by atoms with Crippen molar-refractivity contribution in [3.63, 3.8) is 0 Å². The molecule has 0 amide bonds. The molecular weight excluding hydrogens is 222 g/mol. The minimum Gasteiger partial charge on any atom is -0.331 e. The van der Waals surface area contributed by atoms with Gasteiger partial charge in [-0.05, 0) is 32.1 Å². The van der Waals surface area contributed by atoms with Gasteiger partial charge in [0.15, 0.2) is 0 Å². The molecule has 2 rings (SSSR count). The van der Waals surface area contributed by atoms with Crippen LogP contribution in [0.5, 0.6) is 0 Å². The maximum absolute atomic E-state index is 4.31. The van der Waals surface area contributed by atoms with E-state index < -0.39 is 0 Å². The highest BCUT2D eigenvalue weighted by Crippen LogP contribution is 2.21. The van der Waals surface area contributed by atoms with Gasteiger partial charge in [-0.1, -0.05) is 26.7 Å². The van der Waals surface area contributed by atoms with E-state index in [-0.39, 0.29) is 0 Å². The molecule has 0 aromatic carbocycles. The lowest BCUT2D eigenvalue weighted by Crippen LogP contribution is -2.19. The molecular formula is C15H27N3. The topological polar surface area (TPSA) is 29.9 Å². The Balaban J connectivity index is 1.80. The van der Waals surface area contributed by atoms with Crippen LogP contribution in [0, 0.1) is 5.92 Å². The van der Waals surface area contributed by atoms with E-state index in [1.54, 1.807) is 0 Å². The second kappa shape index (κ2) is 6.37. The van der Waals surface area contributed by atoms with E-state index in [2.05, 4.69) is 35.6 Å². The van der Waals surface area contributed by atoms with Gasteiger partial charge < -0.3 is 9.88 Å². The molecule has 0 radical (unpaired) electrons. The zero-order chi connectivity index (χ0) is 13.0. The first-order chi connectivity index (χ1) is 8.66. The molecule has 1 saturated carbocycles. The molecule has 3 nitrogen and oxygen atoms in total. The van der Waals surface area contributed by atoms with Crippen LogP contribution in [0.1, 0.15) is 64.6 Å². The van der Waals surface area contributed by atoms with Crippen molar-refractivity contribution in [2.24, 2.45) is 5.92 Å². The van der Waals surface area contributed by atoms with Gasteiger partial charge in [0.1, 0.15) is 0 Å². The van der Waals surface area contributed by atoms with Crippen molar-refractivity contribution in [3.8, 4) is 0 Å². The Bertz CT molecular complexity index is 352. The zero-order valence-electron chi connectivity index (χ0n) is 12.0. The summed E-state index contributed by atoms with van der Waals surface area (Å²) < 4.78 is 2.34. The highest BCUT2D eigenvalue weighted by molar-refractivity contribution is 5.01. The van der Waals surface area contributed by atoms with Gasteiger partial charge >= 0.3 is 0 Å². The van der Waals surface area contributed by atoms with E-state index in [4.69, 9.17) is 0 Å². The average molecular weight is 249 g/mol. The lowest BCUT2D eigenvalue weighted by molar-refractivity contribution is 0.434. The first-order valence-corrected chi connectivity index (χ1v) is 7.41. The molecule has 1 N–H and O–H groups in total. The number of rotatable bonds is 8. The van der Waals surface area contributed by atoms with E-state index in [9.17, 15) is 0 Å². The lowest BCUT2D eigenvalue weighted by Gasteiger charge is -2.17. The van der Waals surface area contributed by atoms with Crippen LogP contribution in [0.2, 0.25) is 0 Å². The van der Waals surface area contributed by atoms with Crippen LogP contribution in [0.15, 0.2) is 12.5 Å². The normalized spacial score (nSPS) is 17.3. The summed E-state index contributed by atoms with van der Waals surface area (Å²) in [6.45, 7) is 7.88. The maximum Gasteiger partial charge on any atom is 0.0951 e. The minimum atomic E-state index is 0.572. The minimum absolute atomic E-state index is 0.572. The molecule has 0 bridgehead atoms. The highest BCUT2D eigenvalue weighted by atomic mass is 15.1. The summed E-state index contributed by atoms with van der Waals surface area (Å²) in [7, 11) is 0. The Morgan fingerprint density at radius 3 is 2.78 bits per heavy atom. The summed E-state index contributed by atoms with van der Waals surface area (Å²) in [5.74, 6) is 0.816. The summed E-state index contributed by atoms with van der Waals surface area (Å²) in [5, 5.41) is 3.57. The predicted molar refractivity (Wildman–Crippen MR) is 75.5 cm³/mol. The van der Waals surface area contributed by atoms with Crippen molar-refractivity contribution in [1.29, 1.82) is 0 Å². The number of imidazole rings is 1. The van der Waals surface area contributed by atoms with Crippen LogP contribution in [0.25, 0.3) is 0 Å². The molecule has 0 aliphatic heterocycles. The van der Waals surface area contributed by atoms with Gasteiger partial charge in [-0.3, -0.25) is 0 Å². The molecule has 18 heavy (non-hydrogen) atoms. The first kappa shape index (κ1) is 13.6. The van der Waals surface area contributed by atoms with Gasteiger partial charge in [-0.25, -0.2) is 4.98 Å². The van der Waals surface area contributed by atoms with Crippen LogP contribution in [-0.4, -0.2) is 15.6 Å². The van der Waals surface area contributed by atoms with E-state index in [0.717, 1.165) is 18.5 Å². The molecule has 1 aliphatic carbocycles. The zero-order valence-corrected chi connectivity index (χ0v) is 12.0. The van der Waals surface area contributed by atoms with Gasteiger partial charge in [0.05, 0.1) is 12.0 Å². The predicted octanol–water partition coefficient (Wildman–Crippen LogP) is 3.52. The standard InChI is InChI=1S/C15H27N3/c1-12(2)5-4-6-13(3)18-11-16-9-15(18)10-17-14-7-8-14/h9,11-14,17H,4-8,10H2,1-3H3. The van der Waals surface area contributed by atoms with Gasteiger partial charge in [-0.2, -0.15) is 0 Å². The number of hydrogen-bond donors (Lipinski definition) is 1. The van der Waals surface area contributed by atoms with E-state index in [1.807, 2.05) is 12.5 Å². The quantitative estimate of drug-likeness (QED) is 0.764. The number of nitrogens with one attached hydrogen (secondary N) is 1. The molecule has 1 atom stereocenters. The molecule has 1 aromatic heterocycles. The van der Waals surface area contributed by atoms with Gasteiger partial charge in [0.2, 0.25) is 0 Å². The fourth-order valence-electron chi connectivity index (χ4n) is 2.36. The Hall–Kier alpha value is -0.830. The highest BCUT2D eigenvalue weighted by Gasteiger charge is 2.21.